The summed E-state index contributed by atoms with van der Waals surface area (Å²) in [5, 5.41) is 2.56. The smallest absolute Gasteiger partial charge is 0.234 e. The molecule has 0 aromatic heterocycles. The maximum atomic E-state index is 12.1. The van der Waals surface area contributed by atoms with Crippen molar-refractivity contribution in [3.05, 3.63) is 24.3 Å². The first-order chi connectivity index (χ1) is 10.0. The normalized spacial score (nSPS) is 12.5. The fraction of sp³-hybridized carbons (Fsp3) is 0.500. The molecule has 1 atom stereocenters. The number of anilines is 1. The second kappa shape index (κ2) is 8.51. The van der Waals surface area contributed by atoms with Gasteiger partial charge in [-0.2, -0.15) is 0 Å². The number of sulfonamides is 1. The molecule has 0 heterocycles. The number of hydrogen-bond donors (Lipinski definition) is 2. The molecule has 1 unspecified atom stereocenters. The molecule has 118 valence electrons. The minimum atomic E-state index is -3.52. The van der Waals surface area contributed by atoms with Gasteiger partial charge in [0.15, 0.2) is 0 Å². The molecule has 1 aromatic rings. The number of unbranched alkanes of at least 4 members (excludes halogenated alkanes) is 1. The van der Waals surface area contributed by atoms with Gasteiger partial charge in [-0.15, -0.1) is 0 Å². The Morgan fingerprint density at radius 2 is 1.95 bits per heavy atom. The van der Waals surface area contributed by atoms with Gasteiger partial charge in [-0.1, -0.05) is 19.8 Å². The fourth-order valence-electron chi connectivity index (χ4n) is 1.91. The van der Waals surface area contributed by atoms with Crippen LogP contribution in [0.3, 0.4) is 0 Å². The van der Waals surface area contributed by atoms with Crippen molar-refractivity contribution in [1.82, 2.24) is 5.32 Å². The Labute approximate surface area is 125 Å². The largest absolute Gasteiger partial charge is 0.497 e. The van der Waals surface area contributed by atoms with Gasteiger partial charge in [-0.05, 0) is 30.7 Å². The van der Waals surface area contributed by atoms with E-state index in [1.807, 2.05) is 6.92 Å². The van der Waals surface area contributed by atoms with Crippen LogP contribution < -0.4 is 14.8 Å². The Hall–Kier alpha value is -1.76. The first-order valence-electron chi connectivity index (χ1n) is 6.85. The molecule has 21 heavy (non-hydrogen) atoms. The molecule has 0 aliphatic rings. The average molecular weight is 314 g/mol. The maximum Gasteiger partial charge on any atom is 0.234 e. The number of nitrogens with one attached hydrogen (secondary N) is 2. The minimum Gasteiger partial charge on any atom is -0.497 e. The van der Waals surface area contributed by atoms with Crippen molar-refractivity contribution in [2.24, 2.45) is 0 Å². The van der Waals surface area contributed by atoms with E-state index < -0.39 is 10.0 Å². The van der Waals surface area contributed by atoms with Crippen molar-refractivity contribution >= 4 is 22.1 Å². The Morgan fingerprint density at radius 3 is 2.48 bits per heavy atom. The molecule has 0 aliphatic heterocycles. The second-order valence-corrected chi connectivity index (χ2v) is 6.50. The van der Waals surface area contributed by atoms with E-state index >= 15 is 0 Å². The highest BCUT2D eigenvalue weighted by Gasteiger charge is 2.18. The minimum absolute atomic E-state index is 0.141. The molecule has 1 amide bonds. The van der Waals surface area contributed by atoms with Crippen LogP contribution in [-0.2, 0) is 14.8 Å². The highest BCUT2D eigenvalue weighted by atomic mass is 32.2. The van der Waals surface area contributed by atoms with Crippen LogP contribution >= 0.6 is 0 Å². The summed E-state index contributed by atoms with van der Waals surface area (Å²) < 4.78 is 31.7. The lowest BCUT2D eigenvalue weighted by Crippen LogP contribution is -2.36. The highest BCUT2D eigenvalue weighted by Crippen LogP contribution is 2.16. The standard InChI is InChI=1S/C14H22N2O4S/c1-3-4-5-13(15-11-17)10-21(18,19)16-12-6-8-14(20-2)9-7-12/h6-9,11,13,16H,3-5,10H2,1-2H3,(H,15,17). The second-order valence-electron chi connectivity index (χ2n) is 4.74. The van der Waals surface area contributed by atoms with Gasteiger partial charge in [-0.3, -0.25) is 9.52 Å². The molecular formula is C14H22N2O4S. The molecule has 0 fully saturated rings. The van der Waals surface area contributed by atoms with Crippen molar-refractivity contribution in [1.29, 1.82) is 0 Å². The summed E-state index contributed by atoms with van der Waals surface area (Å²) in [6.07, 6.45) is 2.99. The topological polar surface area (TPSA) is 84.5 Å². The van der Waals surface area contributed by atoms with Crippen molar-refractivity contribution < 1.29 is 17.9 Å². The zero-order chi connectivity index (χ0) is 15.7. The van der Waals surface area contributed by atoms with Gasteiger partial charge < -0.3 is 10.1 Å². The van der Waals surface area contributed by atoms with Crippen molar-refractivity contribution in [3.63, 3.8) is 0 Å². The lowest BCUT2D eigenvalue weighted by atomic mass is 10.1. The van der Waals surface area contributed by atoms with Gasteiger partial charge in [0.05, 0.1) is 12.9 Å². The summed E-state index contributed by atoms with van der Waals surface area (Å²) in [6.45, 7) is 2.02. The van der Waals surface area contributed by atoms with E-state index in [1.165, 1.54) is 0 Å². The van der Waals surface area contributed by atoms with Crippen LogP contribution in [-0.4, -0.2) is 33.7 Å². The predicted octanol–water partition coefficient (Wildman–Crippen LogP) is 1.74. The quantitative estimate of drug-likeness (QED) is 0.644. The molecule has 1 aromatic carbocycles. The SMILES string of the molecule is CCCCC(CS(=O)(=O)Nc1ccc(OC)cc1)NC=O. The molecule has 0 bridgehead atoms. The van der Waals surface area contributed by atoms with E-state index in [2.05, 4.69) is 10.0 Å². The van der Waals surface area contributed by atoms with E-state index in [1.54, 1.807) is 31.4 Å². The van der Waals surface area contributed by atoms with E-state index in [9.17, 15) is 13.2 Å². The Bertz CT molecular complexity index is 528. The Balaban J connectivity index is 2.67. The van der Waals surface area contributed by atoms with Crippen LogP contribution in [0.15, 0.2) is 24.3 Å². The van der Waals surface area contributed by atoms with Crippen LogP contribution in [0.5, 0.6) is 5.75 Å². The van der Waals surface area contributed by atoms with Crippen LogP contribution in [0, 0.1) is 0 Å². The number of amides is 1. The third-order valence-corrected chi connectivity index (χ3v) is 4.38. The van der Waals surface area contributed by atoms with Gasteiger partial charge in [0.1, 0.15) is 5.75 Å². The average Bonchev–Trinajstić information content (AvgIpc) is 2.45. The molecular weight excluding hydrogens is 292 g/mol. The molecule has 0 saturated heterocycles. The van der Waals surface area contributed by atoms with Crippen LogP contribution in [0.25, 0.3) is 0 Å². The zero-order valence-corrected chi connectivity index (χ0v) is 13.2. The summed E-state index contributed by atoms with van der Waals surface area (Å²) in [4.78, 5) is 10.6. The monoisotopic (exact) mass is 314 g/mol. The zero-order valence-electron chi connectivity index (χ0n) is 12.3. The number of rotatable bonds is 10. The highest BCUT2D eigenvalue weighted by molar-refractivity contribution is 7.92. The van der Waals surface area contributed by atoms with Crippen LogP contribution in [0.2, 0.25) is 0 Å². The molecule has 2 N–H and O–H groups in total. The first kappa shape index (κ1) is 17.3. The van der Waals surface area contributed by atoms with Crippen molar-refractivity contribution in [2.75, 3.05) is 17.6 Å². The van der Waals surface area contributed by atoms with E-state index in [-0.39, 0.29) is 11.8 Å². The Kier molecular flexibility index (Phi) is 7.01. The summed E-state index contributed by atoms with van der Waals surface area (Å²) in [7, 11) is -1.97. The molecule has 6 nitrogen and oxygen atoms in total. The molecule has 0 saturated carbocycles. The van der Waals surface area contributed by atoms with Gasteiger partial charge in [0.2, 0.25) is 16.4 Å². The lowest BCUT2D eigenvalue weighted by Gasteiger charge is -2.16. The number of carbonyl (C=O) groups excluding carboxylic acids is 1. The lowest BCUT2D eigenvalue weighted by molar-refractivity contribution is -0.110. The van der Waals surface area contributed by atoms with Gasteiger partial charge in [-0.25, -0.2) is 8.42 Å². The summed E-state index contributed by atoms with van der Waals surface area (Å²) >= 11 is 0. The maximum absolute atomic E-state index is 12.1. The van der Waals surface area contributed by atoms with Gasteiger partial charge in [0, 0.05) is 11.7 Å². The number of methoxy groups -OCH3 is 1. The number of carbonyl (C=O) groups is 1. The fourth-order valence-corrected chi connectivity index (χ4v) is 3.28. The first-order valence-corrected chi connectivity index (χ1v) is 8.50. The molecule has 0 spiro atoms. The van der Waals surface area contributed by atoms with Crippen LogP contribution in [0.4, 0.5) is 5.69 Å². The molecule has 0 aliphatic carbocycles. The van der Waals surface area contributed by atoms with E-state index in [0.29, 0.717) is 24.3 Å². The van der Waals surface area contributed by atoms with E-state index in [4.69, 9.17) is 4.74 Å². The molecule has 0 radical (unpaired) electrons. The summed E-state index contributed by atoms with van der Waals surface area (Å²) in [5.74, 6) is 0.513. The molecule has 7 heteroatoms. The summed E-state index contributed by atoms with van der Waals surface area (Å²) in [6, 6.07) is 6.24. The number of hydrogen-bond acceptors (Lipinski definition) is 4. The third kappa shape index (κ3) is 6.48. The number of ether oxygens (including phenoxy) is 1. The van der Waals surface area contributed by atoms with Crippen LogP contribution in [0.1, 0.15) is 26.2 Å². The van der Waals surface area contributed by atoms with Crippen molar-refractivity contribution in [3.8, 4) is 5.75 Å². The third-order valence-electron chi connectivity index (χ3n) is 2.99. The Morgan fingerprint density at radius 1 is 1.29 bits per heavy atom. The summed E-state index contributed by atoms with van der Waals surface area (Å²) in [5.41, 5.74) is 0.469. The van der Waals surface area contributed by atoms with Gasteiger partial charge in [0.25, 0.3) is 0 Å². The van der Waals surface area contributed by atoms with E-state index in [0.717, 1.165) is 12.8 Å². The predicted molar refractivity (Wildman–Crippen MR) is 82.9 cm³/mol. The van der Waals surface area contributed by atoms with Gasteiger partial charge >= 0.3 is 0 Å². The molecule has 1 rings (SSSR count). The van der Waals surface area contributed by atoms with Crippen molar-refractivity contribution in [2.45, 2.75) is 32.2 Å². The number of benzene rings is 1.